The number of ether oxygens (including phenoxy) is 1. The van der Waals surface area contributed by atoms with Crippen LogP contribution in [0.25, 0.3) is 0 Å². The predicted octanol–water partition coefficient (Wildman–Crippen LogP) is 3.34. The van der Waals surface area contributed by atoms with Crippen molar-refractivity contribution >= 4 is 11.6 Å². The number of aromatic nitrogens is 1. The Balaban J connectivity index is 1.37. The van der Waals surface area contributed by atoms with Gasteiger partial charge in [0.15, 0.2) is 0 Å². The maximum atomic E-state index is 12.8. The van der Waals surface area contributed by atoms with E-state index in [1.807, 2.05) is 36.4 Å². The van der Waals surface area contributed by atoms with Gasteiger partial charge >= 0.3 is 0 Å². The molecule has 1 amide bonds. The van der Waals surface area contributed by atoms with Crippen molar-refractivity contribution in [2.45, 2.75) is 13.2 Å². The zero-order valence-electron chi connectivity index (χ0n) is 17.8. The predicted molar refractivity (Wildman–Crippen MR) is 122 cm³/mol. The molecule has 6 heteroatoms. The van der Waals surface area contributed by atoms with Gasteiger partial charge in [-0.05, 0) is 30.3 Å². The summed E-state index contributed by atoms with van der Waals surface area (Å²) in [7, 11) is 2.15. The fraction of sp³-hybridized carbons (Fsp3) is 0.280. The number of nitrogens with zero attached hydrogens (tertiary/aromatic N) is 3. The van der Waals surface area contributed by atoms with Crippen molar-refractivity contribution in [3.63, 3.8) is 0 Å². The van der Waals surface area contributed by atoms with E-state index in [2.05, 4.69) is 45.3 Å². The van der Waals surface area contributed by atoms with E-state index < -0.39 is 0 Å². The summed E-state index contributed by atoms with van der Waals surface area (Å²) in [5, 5.41) is 3.05. The first kappa shape index (κ1) is 20.9. The van der Waals surface area contributed by atoms with E-state index in [0.29, 0.717) is 24.6 Å². The number of carbonyl (C=O) groups is 1. The van der Waals surface area contributed by atoms with Crippen LogP contribution in [0.1, 0.15) is 21.5 Å². The number of rotatable bonds is 7. The molecule has 0 radical (unpaired) electrons. The van der Waals surface area contributed by atoms with Gasteiger partial charge in [0.2, 0.25) is 5.88 Å². The highest BCUT2D eigenvalue weighted by Gasteiger charge is 2.17. The average Bonchev–Trinajstić information content (AvgIpc) is 2.83. The number of carbonyl (C=O) groups excluding carboxylic acids is 1. The van der Waals surface area contributed by atoms with Crippen LogP contribution in [0.4, 0.5) is 5.69 Å². The molecule has 1 fully saturated rings. The Morgan fingerprint density at radius 3 is 2.55 bits per heavy atom. The van der Waals surface area contributed by atoms with Crippen molar-refractivity contribution in [2.24, 2.45) is 0 Å². The molecule has 1 N–H and O–H groups in total. The third-order valence-electron chi connectivity index (χ3n) is 5.50. The molecule has 1 aliphatic heterocycles. The van der Waals surface area contributed by atoms with Gasteiger partial charge in [-0.25, -0.2) is 4.98 Å². The third kappa shape index (κ3) is 5.61. The van der Waals surface area contributed by atoms with E-state index in [1.54, 1.807) is 18.3 Å². The minimum atomic E-state index is -0.139. The summed E-state index contributed by atoms with van der Waals surface area (Å²) in [6.45, 7) is 4.97. The highest BCUT2D eigenvalue weighted by Crippen LogP contribution is 2.22. The molecule has 1 aromatic heterocycles. The summed E-state index contributed by atoms with van der Waals surface area (Å²) in [5.74, 6) is 0.300. The Kier molecular flexibility index (Phi) is 6.79. The molecule has 0 aliphatic carbocycles. The Bertz CT molecular complexity index is 1000. The van der Waals surface area contributed by atoms with Crippen molar-refractivity contribution in [1.29, 1.82) is 0 Å². The highest BCUT2D eigenvalue weighted by molar-refractivity contribution is 5.94. The van der Waals surface area contributed by atoms with Crippen molar-refractivity contribution in [1.82, 2.24) is 15.2 Å². The summed E-state index contributed by atoms with van der Waals surface area (Å²) in [6, 6.07) is 21.6. The molecule has 2 aromatic carbocycles. The second-order valence-corrected chi connectivity index (χ2v) is 7.76. The van der Waals surface area contributed by atoms with Gasteiger partial charge in [0, 0.05) is 56.2 Å². The molecule has 0 spiro atoms. The first-order chi connectivity index (χ1) is 15.2. The molecule has 0 bridgehead atoms. The maximum absolute atomic E-state index is 12.8. The lowest BCUT2D eigenvalue weighted by atomic mass is 10.1. The van der Waals surface area contributed by atoms with E-state index in [4.69, 9.17) is 4.74 Å². The van der Waals surface area contributed by atoms with Crippen molar-refractivity contribution in [2.75, 3.05) is 38.1 Å². The SMILES string of the molecule is CN1CCN(c2ccccc2CNC(=O)c2ccnc(OCc3ccccc3)c2)CC1. The van der Waals surface area contributed by atoms with Gasteiger partial charge in [0.1, 0.15) is 6.61 Å². The minimum absolute atomic E-state index is 0.139. The van der Waals surface area contributed by atoms with Crippen LogP contribution in [0.15, 0.2) is 72.9 Å². The van der Waals surface area contributed by atoms with Gasteiger partial charge in [-0.15, -0.1) is 0 Å². The molecule has 1 aliphatic rings. The lowest BCUT2D eigenvalue weighted by Crippen LogP contribution is -2.45. The number of amides is 1. The molecular formula is C25H28N4O2. The Morgan fingerprint density at radius 1 is 1.00 bits per heavy atom. The third-order valence-corrected chi connectivity index (χ3v) is 5.50. The van der Waals surface area contributed by atoms with Crippen LogP contribution >= 0.6 is 0 Å². The van der Waals surface area contributed by atoms with E-state index >= 15 is 0 Å². The summed E-state index contributed by atoms with van der Waals surface area (Å²) in [6.07, 6.45) is 1.60. The molecule has 160 valence electrons. The van der Waals surface area contributed by atoms with E-state index in [9.17, 15) is 4.79 Å². The molecular weight excluding hydrogens is 388 g/mol. The summed E-state index contributed by atoms with van der Waals surface area (Å²) < 4.78 is 5.75. The molecule has 0 saturated carbocycles. The van der Waals surface area contributed by atoms with Crippen LogP contribution in [-0.2, 0) is 13.2 Å². The van der Waals surface area contributed by atoms with Crippen LogP contribution in [0.2, 0.25) is 0 Å². The molecule has 31 heavy (non-hydrogen) atoms. The number of pyridine rings is 1. The zero-order chi connectivity index (χ0) is 21.5. The number of benzene rings is 2. The topological polar surface area (TPSA) is 57.7 Å². The molecule has 1 saturated heterocycles. The number of nitrogens with one attached hydrogen (secondary N) is 1. The van der Waals surface area contributed by atoms with Crippen molar-refractivity contribution in [3.05, 3.63) is 89.6 Å². The van der Waals surface area contributed by atoms with Gasteiger partial charge < -0.3 is 19.9 Å². The quantitative estimate of drug-likeness (QED) is 0.640. The standard InChI is InChI=1S/C25H28N4O2/c1-28-13-15-29(16-14-28)23-10-6-5-9-22(23)18-27-25(30)21-11-12-26-24(17-21)31-19-20-7-3-2-4-8-20/h2-12,17H,13-16,18-19H2,1H3,(H,27,30). The first-order valence-electron chi connectivity index (χ1n) is 10.6. The van der Waals surface area contributed by atoms with Crippen molar-refractivity contribution < 1.29 is 9.53 Å². The lowest BCUT2D eigenvalue weighted by molar-refractivity contribution is 0.0950. The Labute approximate surface area is 183 Å². The number of anilines is 1. The van der Waals surface area contributed by atoms with E-state index in [-0.39, 0.29) is 5.91 Å². The molecule has 4 rings (SSSR count). The summed E-state index contributed by atoms with van der Waals surface area (Å²) in [5.41, 5.74) is 3.90. The van der Waals surface area contributed by atoms with Gasteiger partial charge in [-0.3, -0.25) is 4.79 Å². The van der Waals surface area contributed by atoms with Crippen molar-refractivity contribution in [3.8, 4) is 5.88 Å². The highest BCUT2D eigenvalue weighted by atomic mass is 16.5. The van der Waals surface area contributed by atoms with Gasteiger partial charge in [0.25, 0.3) is 5.91 Å². The lowest BCUT2D eigenvalue weighted by Gasteiger charge is -2.35. The average molecular weight is 417 g/mol. The number of piperazine rings is 1. The van der Waals surface area contributed by atoms with E-state index in [1.165, 1.54) is 5.69 Å². The van der Waals surface area contributed by atoms with E-state index in [0.717, 1.165) is 37.3 Å². The second kappa shape index (κ2) is 10.1. The van der Waals surface area contributed by atoms with Crippen LogP contribution < -0.4 is 15.0 Å². The largest absolute Gasteiger partial charge is 0.473 e. The van der Waals surface area contributed by atoms with Crippen LogP contribution in [0.5, 0.6) is 5.88 Å². The van der Waals surface area contributed by atoms with Crippen LogP contribution in [-0.4, -0.2) is 49.0 Å². The number of hydrogen-bond donors (Lipinski definition) is 1. The fourth-order valence-corrected chi connectivity index (χ4v) is 3.65. The smallest absolute Gasteiger partial charge is 0.251 e. The van der Waals surface area contributed by atoms with Crippen LogP contribution in [0.3, 0.4) is 0 Å². The molecule has 6 nitrogen and oxygen atoms in total. The normalized spacial score (nSPS) is 14.3. The summed E-state index contributed by atoms with van der Waals surface area (Å²) in [4.78, 5) is 21.7. The monoisotopic (exact) mass is 416 g/mol. The van der Waals surface area contributed by atoms with Gasteiger partial charge in [-0.2, -0.15) is 0 Å². The number of para-hydroxylation sites is 1. The van der Waals surface area contributed by atoms with Crippen LogP contribution in [0, 0.1) is 0 Å². The molecule has 0 unspecified atom stereocenters. The zero-order valence-corrected chi connectivity index (χ0v) is 17.8. The molecule has 2 heterocycles. The summed E-state index contributed by atoms with van der Waals surface area (Å²) >= 11 is 0. The Morgan fingerprint density at radius 2 is 1.74 bits per heavy atom. The molecule has 0 atom stereocenters. The fourth-order valence-electron chi connectivity index (χ4n) is 3.65. The van der Waals surface area contributed by atoms with Gasteiger partial charge in [-0.1, -0.05) is 48.5 Å². The van der Waals surface area contributed by atoms with Gasteiger partial charge in [0.05, 0.1) is 0 Å². The maximum Gasteiger partial charge on any atom is 0.251 e. The number of hydrogen-bond acceptors (Lipinski definition) is 5. The number of likely N-dealkylation sites (N-methyl/N-ethyl adjacent to an activating group) is 1. The second-order valence-electron chi connectivity index (χ2n) is 7.76. The Hall–Kier alpha value is -3.38. The first-order valence-corrected chi connectivity index (χ1v) is 10.6. The molecule has 3 aromatic rings. The minimum Gasteiger partial charge on any atom is -0.473 e.